The third-order valence-corrected chi connectivity index (χ3v) is 2.65. The van der Waals surface area contributed by atoms with Gasteiger partial charge in [0.05, 0.1) is 0 Å². The molecule has 1 unspecified atom stereocenters. The van der Waals surface area contributed by atoms with E-state index >= 15 is 0 Å². The lowest BCUT2D eigenvalue weighted by atomic mass is 9.89. The maximum atomic E-state index is 3.90. The van der Waals surface area contributed by atoms with Gasteiger partial charge in [-0.25, -0.2) is 0 Å². The predicted octanol–water partition coefficient (Wildman–Crippen LogP) is 4.83. The lowest BCUT2D eigenvalue weighted by molar-refractivity contribution is 0.436. The zero-order chi connectivity index (χ0) is 11.1. The summed E-state index contributed by atoms with van der Waals surface area (Å²) in [5, 5.41) is 0. The van der Waals surface area contributed by atoms with Gasteiger partial charge in [-0.1, -0.05) is 45.4 Å². The van der Waals surface area contributed by atoms with Crippen LogP contribution in [0.2, 0.25) is 0 Å². The molecule has 0 saturated carbocycles. The summed E-state index contributed by atoms with van der Waals surface area (Å²) in [5.74, 6) is 2.07. The molecule has 0 nitrogen and oxygen atoms in total. The van der Waals surface area contributed by atoms with E-state index in [9.17, 15) is 0 Å². The van der Waals surface area contributed by atoms with Crippen LogP contribution in [0, 0.1) is 17.8 Å². The predicted molar refractivity (Wildman–Crippen MR) is 66.4 cm³/mol. The van der Waals surface area contributed by atoms with Gasteiger partial charge in [-0.3, -0.25) is 0 Å². The summed E-state index contributed by atoms with van der Waals surface area (Å²) in [6.45, 7) is 15.1. The van der Waals surface area contributed by atoms with Crippen molar-refractivity contribution in [1.29, 1.82) is 0 Å². The minimum atomic E-state index is 0.672. The molecule has 0 heterocycles. The third-order valence-electron chi connectivity index (χ3n) is 2.65. The van der Waals surface area contributed by atoms with E-state index in [4.69, 9.17) is 0 Å². The van der Waals surface area contributed by atoms with Crippen LogP contribution in [0.3, 0.4) is 0 Å². The van der Waals surface area contributed by atoms with E-state index in [1.165, 1.54) is 18.4 Å². The van der Waals surface area contributed by atoms with Crippen molar-refractivity contribution in [3.63, 3.8) is 0 Å². The molecule has 0 heteroatoms. The summed E-state index contributed by atoms with van der Waals surface area (Å²) < 4.78 is 0. The lowest BCUT2D eigenvalue weighted by Gasteiger charge is -2.16. The van der Waals surface area contributed by atoms with Crippen LogP contribution in [0.4, 0.5) is 0 Å². The molecule has 0 fully saturated rings. The molecule has 0 N–H and O–H groups in total. The smallest absolute Gasteiger partial charge is 0.0210 e. The van der Waals surface area contributed by atoms with Crippen LogP contribution in [0.15, 0.2) is 24.3 Å². The minimum absolute atomic E-state index is 0.672. The number of allylic oxidation sites excluding steroid dienone is 3. The van der Waals surface area contributed by atoms with Crippen LogP contribution in [0.5, 0.6) is 0 Å². The monoisotopic (exact) mass is 194 g/mol. The number of rotatable bonds is 6. The van der Waals surface area contributed by atoms with Crippen LogP contribution in [0.25, 0.3) is 0 Å². The Labute approximate surface area is 90.1 Å². The molecule has 0 bridgehead atoms. The van der Waals surface area contributed by atoms with Gasteiger partial charge in [-0.15, -0.1) is 6.58 Å². The molecular formula is C14H26. The summed E-state index contributed by atoms with van der Waals surface area (Å²) in [4.78, 5) is 0. The van der Waals surface area contributed by atoms with Crippen LogP contribution >= 0.6 is 0 Å². The molecule has 0 aromatic rings. The van der Waals surface area contributed by atoms with Crippen molar-refractivity contribution in [2.24, 2.45) is 17.8 Å². The maximum Gasteiger partial charge on any atom is -0.0210 e. The van der Waals surface area contributed by atoms with E-state index in [1.807, 2.05) is 0 Å². The maximum absolute atomic E-state index is 3.90. The number of hydrogen-bond donors (Lipinski definition) is 0. The van der Waals surface area contributed by atoms with Gasteiger partial charge >= 0.3 is 0 Å². The molecule has 0 saturated heterocycles. The molecule has 0 amide bonds. The van der Waals surface area contributed by atoms with Crippen molar-refractivity contribution in [2.45, 2.75) is 47.5 Å². The molecule has 0 aliphatic rings. The van der Waals surface area contributed by atoms with Gasteiger partial charge in [-0.05, 0) is 37.5 Å². The summed E-state index contributed by atoms with van der Waals surface area (Å²) in [6, 6.07) is 0. The fourth-order valence-electron chi connectivity index (χ4n) is 1.77. The molecule has 0 aliphatic heterocycles. The Hall–Kier alpha value is -0.520. The quantitative estimate of drug-likeness (QED) is 0.531. The fourth-order valence-corrected chi connectivity index (χ4v) is 1.77. The average molecular weight is 194 g/mol. The Morgan fingerprint density at radius 2 is 1.79 bits per heavy atom. The topological polar surface area (TPSA) is 0 Å². The van der Waals surface area contributed by atoms with Crippen LogP contribution in [-0.4, -0.2) is 0 Å². The molecule has 14 heavy (non-hydrogen) atoms. The van der Waals surface area contributed by atoms with Gasteiger partial charge in [0.25, 0.3) is 0 Å². The lowest BCUT2D eigenvalue weighted by Crippen LogP contribution is -2.05. The second kappa shape index (κ2) is 6.86. The normalized spacial score (nSPS) is 14.9. The highest BCUT2D eigenvalue weighted by molar-refractivity contribution is 5.00. The first kappa shape index (κ1) is 13.5. The third kappa shape index (κ3) is 6.01. The van der Waals surface area contributed by atoms with Gasteiger partial charge in [-0.2, -0.15) is 0 Å². The van der Waals surface area contributed by atoms with Crippen molar-refractivity contribution >= 4 is 0 Å². The Kier molecular flexibility index (Phi) is 6.61. The first-order valence-corrected chi connectivity index (χ1v) is 5.77. The van der Waals surface area contributed by atoms with Gasteiger partial charge in [0.2, 0.25) is 0 Å². The molecule has 0 aromatic carbocycles. The molecular weight excluding hydrogens is 168 g/mol. The second-order valence-electron chi connectivity index (χ2n) is 4.94. The Morgan fingerprint density at radius 1 is 1.21 bits per heavy atom. The van der Waals surface area contributed by atoms with Gasteiger partial charge in [0.1, 0.15) is 0 Å². The van der Waals surface area contributed by atoms with Crippen LogP contribution in [-0.2, 0) is 0 Å². The van der Waals surface area contributed by atoms with E-state index in [0.29, 0.717) is 11.8 Å². The van der Waals surface area contributed by atoms with E-state index in [1.54, 1.807) is 0 Å². The first-order chi connectivity index (χ1) is 6.47. The zero-order valence-corrected chi connectivity index (χ0v) is 10.5. The number of hydrogen-bond acceptors (Lipinski definition) is 0. The highest BCUT2D eigenvalue weighted by Gasteiger charge is 2.08. The molecule has 0 aliphatic carbocycles. The molecule has 0 rings (SSSR count). The van der Waals surface area contributed by atoms with Crippen LogP contribution < -0.4 is 0 Å². The molecule has 0 radical (unpaired) electrons. The van der Waals surface area contributed by atoms with E-state index in [-0.39, 0.29) is 0 Å². The molecule has 1 atom stereocenters. The van der Waals surface area contributed by atoms with Crippen molar-refractivity contribution in [3.05, 3.63) is 24.3 Å². The SMILES string of the molecule is C=CC(CCC(C)=CC(C)C)C(C)C. The van der Waals surface area contributed by atoms with Crippen molar-refractivity contribution < 1.29 is 0 Å². The van der Waals surface area contributed by atoms with Crippen molar-refractivity contribution in [3.8, 4) is 0 Å². The molecule has 0 spiro atoms. The first-order valence-electron chi connectivity index (χ1n) is 5.77. The highest BCUT2D eigenvalue weighted by Crippen LogP contribution is 2.21. The van der Waals surface area contributed by atoms with E-state index < -0.39 is 0 Å². The Morgan fingerprint density at radius 3 is 2.14 bits per heavy atom. The van der Waals surface area contributed by atoms with Gasteiger partial charge in [0.15, 0.2) is 0 Å². The van der Waals surface area contributed by atoms with Crippen molar-refractivity contribution in [1.82, 2.24) is 0 Å². The standard InChI is InChI=1S/C14H26/c1-7-14(12(4)5)9-8-13(6)10-11(2)3/h7,10-12,14H,1,8-9H2,2-6H3. The summed E-state index contributed by atoms with van der Waals surface area (Å²) in [5.41, 5.74) is 1.52. The van der Waals surface area contributed by atoms with E-state index in [2.05, 4.69) is 53.3 Å². The highest BCUT2D eigenvalue weighted by atomic mass is 14.1. The minimum Gasteiger partial charge on any atom is -0.103 e. The summed E-state index contributed by atoms with van der Waals surface area (Å²) in [7, 11) is 0. The Balaban J connectivity index is 3.97. The molecule has 0 aromatic heterocycles. The largest absolute Gasteiger partial charge is 0.103 e. The van der Waals surface area contributed by atoms with Crippen LogP contribution in [0.1, 0.15) is 47.5 Å². The summed E-state index contributed by atoms with van der Waals surface area (Å²) in [6.07, 6.45) is 6.93. The fraction of sp³-hybridized carbons (Fsp3) is 0.714. The van der Waals surface area contributed by atoms with Gasteiger partial charge in [0, 0.05) is 0 Å². The summed E-state index contributed by atoms with van der Waals surface area (Å²) >= 11 is 0. The Bertz CT molecular complexity index is 184. The second-order valence-corrected chi connectivity index (χ2v) is 4.94. The van der Waals surface area contributed by atoms with E-state index in [0.717, 1.165) is 5.92 Å². The zero-order valence-electron chi connectivity index (χ0n) is 10.5. The van der Waals surface area contributed by atoms with Gasteiger partial charge < -0.3 is 0 Å². The van der Waals surface area contributed by atoms with Crippen molar-refractivity contribution in [2.75, 3.05) is 0 Å². The average Bonchev–Trinajstić information content (AvgIpc) is 2.03. The molecule has 82 valence electrons.